The topological polar surface area (TPSA) is 28.0 Å². The monoisotopic (exact) mass is 379 g/mol. The average molecular weight is 380 g/mol. The van der Waals surface area contributed by atoms with Gasteiger partial charge in [0.15, 0.2) is 0 Å². The number of alkyl halides is 3. The minimum Gasteiger partial charge on any atom is -0.369 e. The molecule has 1 aliphatic heterocycles. The number of halogens is 4. The molecule has 0 N–H and O–H groups in total. The Balaban J connectivity index is 1.72. The quantitative estimate of drug-likeness (QED) is 0.551. The van der Waals surface area contributed by atoms with Crippen molar-refractivity contribution in [2.45, 2.75) is 25.6 Å². The van der Waals surface area contributed by atoms with E-state index in [1.54, 1.807) is 6.20 Å². The maximum Gasteiger partial charge on any atom is 0.417 e. The second-order valence-electron chi connectivity index (χ2n) is 6.01. The number of hydrogen-bond donors (Lipinski definition) is 0. The van der Waals surface area contributed by atoms with Crippen LogP contribution >= 0.6 is 11.6 Å². The molecule has 3 rings (SSSR count). The summed E-state index contributed by atoms with van der Waals surface area (Å²) in [6.45, 7) is 1.71. The zero-order chi connectivity index (χ0) is 18.6. The van der Waals surface area contributed by atoms with E-state index in [0.29, 0.717) is 0 Å². The van der Waals surface area contributed by atoms with Crippen LogP contribution in [0.15, 0.2) is 70.7 Å². The molecule has 0 radical (unpaired) electrons. The van der Waals surface area contributed by atoms with E-state index in [1.165, 1.54) is 17.7 Å². The van der Waals surface area contributed by atoms with Gasteiger partial charge in [0.05, 0.1) is 22.5 Å². The predicted octanol–water partition coefficient (Wildman–Crippen LogP) is 6.58. The Kier molecular flexibility index (Phi) is 5.61. The fraction of sp³-hybridized carbons (Fsp3) is 0.263. The highest BCUT2D eigenvalue weighted by Gasteiger charge is 2.33. The van der Waals surface area contributed by atoms with Gasteiger partial charge in [-0.1, -0.05) is 41.9 Å². The van der Waals surface area contributed by atoms with E-state index in [2.05, 4.69) is 27.3 Å². The van der Waals surface area contributed by atoms with Gasteiger partial charge in [-0.2, -0.15) is 23.4 Å². The first kappa shape index (κ1) is 18.5. The summed E-state index contributed by atoms with van der Waals surface area (Å²) in [5.74, 6) is 0. The Morgan fingerprint density at radius 3 is 2.62 bits per heavy atom. The van der Waals surface area contributed by atoms with Gasteiger partial charge in [-0.3, -0.25) is 0 Å². The van der Waals surface area contributed by atoms with Crippen LogP contribution in [0.25, 0.3) is 0 Å². The van der Waals surface area contributed by atoms with Crippen LogP contribution in [-0.2, 0) is 12.7 Å². The number of allylic oxidation sites excluding steroid dienone is 1. The molecule has 0 spiro atoms. The van der Waals surface area contributed by atoms with Gasteiger partial charge in [0.25, 0.3) is 0 Å². The van der Waals surface area contributed by atoms with Gasteiger partial charge in [0.2, 0.25) is 0 Å². The van der Waals surface area contributed by atoms with Gasteiger partial charge in [-0.05, 0) is 36.6 Å². The molecule has 0 unspecified atom stereocenters. The van der Waals surface area contributed by atoms with Gasteiger partial charge in [-0.25, -0.2) is 0 Å². The Morgan fingerprint density at radius 1 is 1.12 bits per heavy atom. The van der Waals surface area contributed by atoms with E-state index in [9.17, 15) is 13.2 Å². The lowest BCUT2D eigenvalue weighted by Crippen LogP contribution is -2.16. The lowest BCUT2D eigenvalue weighted by molar-refractivity contribution is -0.137. The van der Waals surface area contributed by atoms with Crippen molar-refractivity contribution < 1.29 is 13.2 Å². The van der Waals surface area contributed by atoms with Crippen molar-refractivity contribution in [3.63, 3.8) is 0 Å². The van der Waals surface area contributed by atoms with Crippen LogP contribution in [0.4, 0.5) is 18.9 Å². The highest BCUT2D eigenvalue weighted by Crippen LogP contribution is 2.36. The summed E-state index contributed by atoms with van der Waals surface area (Å²) < 4.78 is 38.6. The van der Waals surface area contributed by atoms with Crippen LogP contribution in [-0.4, -0.2) is 11.4 Å². The van der Waals surface area contributed by atoms with E-state index in [-0.39, 0.29) is 10.7 Å². The summed E-state index contributed by atoms with van der Waals surface area (Å²) in [4.78, 5) is 2.21. The lowest BCUT2D eigenvalue weighted by atomic mass is 10.2. The molecule has 3 nitrogen and oxygen atoms in total. The van der Waals surface area contributed by atoms with Crippen LogP contribution in [0.2, 0.25) is 5.02 Å². The van der Waals surface area contributed by atoms with Crippen LogP contribution in [0.5, 0.6) is 0 Å². The van der Waals surface area contributed by atoms with Gasteiger partial charge >= 0.3 is 6.18 Å². The zero-order valence-corrected chi connectivity index (χ0v) is 14.6. The first-order valence-electron chi connectivity index (χ1n) is 8.19. The molecule has 0 aromatic heterocycles. The summed E-state index contributed by atoms with van der Waals surface area (Å²) in [6, 6.07) is 13.6. The molecule has 136 valence electrons. The first-order valence-corrected chi connectivity index (χ1v) is 8.57. The zero-order valence-electron chi connectivity index (χ0n) is 13.9. The molecular formula is C19H17ClF3N3. The fourth-order valence-electron chi connectivity index (χ4n) is 2.84. The maximum atomic E-state index is 12.9. The number of benzene rings is 2. The van der Waals surface area contributed by atoms with E-state index < -0.39 is 11.7 Å². The van der Waals surface area contributed by atoms with Crippen molar-refractivity contribution in [3.8, 4) is 0 Å². The van der Waals surface area contributed by atoms with Gasteiger partial charge in [0.1, 0.15) is 0 Å². The molecule has 0 atom stereocenters. The molecule has 1 saturated heterocycles. The van der Waals surface area contributed by atoms with Crippen molar-refractivity contribution >= 4 is 17.3 Å². The van der Waals surface area contributed by atoms with E-state index >= 15 is 0 Å². The van der Waals surface area contributed by atoms with Crippen LogP contribution in [0, 0.1) is 0 Å². The van der Waals surface area contributed by atoms with Crippen molar-refractivity contribution in [2.24, 2.45) is 10.2 Å². The predicted molar refractivity (Wildman–Crippen MR) is 95.1 cm³/mol. The maximum absolute atomic E-state index is 12.9. The number of rotatable bonds is 4. The normalized spacial score (nSPS) is 16.8. The van der Waals surface area contributed by atoms with Crippen molar-refractivity contribution in [2.75, 3.05) is 6.54 Å². The Hall–Kier alpha value is -2.34. The Morgan fingerprint density at radius 2 is 1.88 bits per heavy atom. The van der Waals surface area contributed by atoms with Gasteiger partial charge < -0.3 is 4.90 Å². The second-order valence-corrected chi connectivity index (χ2v) is 6.42. The molecule has 1 fully saturated rings. The largest absolute Gasteiger partial charge is 0.417 e. The smallest absolute Gasteiger partial charge is 0.369 e. The molecule has 2 aromatic rings. The minimum absolute atomic E-state index is 0.117. The molecule has 1 aliphatic rings. The van der Waals surface area contributed by atoms with Crippen LogP contribution in [0.1, 0.15) is 24.0 Å². The standard InChI is InChI=1S/C19H17ClF3N3/c20-18-9-8-15(11-17(18)19(21,22)23)25-24-12-16-7-4-10-26(16)13-14-5-2-1-3-6-14/h1-3,5-6,8-9,11-12H,4,7,10,13H2/b16-12+,25-24?. The Labute approximate surface area is 154 Å². The number of azo groups is 1. The molecule has 26 heavy (non-hydrogen) atoms. The third-order valence-electron chi connectivity index (χ3n) is 4.12. The molecule has 0 aliphatic carbocycles. The van der Waals surface area contributed by atoms with Crippen molar-refractivity contribution in [1.29, 1.82) is 0 Å². The molecule has 0 saturated carbocycles. The number of nitrogens with zero attached hydrogens (tertiary/aromatic N) is 3. The summed E-state index contributed by atoms with van der Waals surface area (Å²) in [7, 11) is 0. The fourth-order valence-corrected chi connectivity index (χ4v) is 3.06. The Bertz CT molecular complexity index is 817. The van der Waals surface area contributed by atoms with Crippen LogP contribution in [0.3, 0.4) is 0 Å². The van der Waals surface area contributed by atoms with Crippen molar-refractivity contribution in [3.05, 3.63) is 76.6 Å². The molecule has 0 amide bonds. The van der Waals surface area contributed by atoms with E-state index in [4.69, 9.17) is 11.6 Å². The number of hydrogen-bond acceptors (Lipinski definition) is 3. The number of likely N-dealkylation sites (tertiary alicyclic amines) is 1. The lowest BCUT2D eigenvalue weighted by Gasteiger charge is -2.19. The van der Waals surface area contributed by atoms with Gasteiger partial charge in [-0.15, -0.1) is 0 Å². The minimum atomic E-state index is -4.51. The average Bonchev–Trinajstić information content (AvgIpc) is 3.03. The first-order chi connectivity index (χ1) is 12.4. The third kappa shape index (κ3) is 4.64. The highest BCUT2D eigenvalue weighted by molar-refractivity contribution is 6.31. The second kappa shape index (κ2) is 7.91. The molecular weight excluding hydrogens is 363 g/mol. The van der Waals surface area contributed by atoms with Crippen molar-refractivity contribution in [1.82, 2.24) is 4.90 Å². The molecule has 2 aromatic carbocycles. The SMILES string of the molecule is FC(F)(F)c1cc(N=N/C=C2\CCCN2Cc2ccccc2)ccc1Cl. The summed E-state index contributed by atoms with van der Waals surface area (Å²) in [5, 5.41) is 7.52. The third-order valence-corrected chi connectivity index (χ3v) is 4.45. The van der Waals surface area contributed by atoms with Gasteiger partial charge in [0, 0.05) is 18.8 Å². The molecule has 0 bridgehead atoms. The summed E-state index contributed by atoms with van der Waals surface area (Å²) in [6.07, 6.45) is -0.996. The van der Waals surface area contributed by atoms with E-state index in [1.807, 2.05) is 18.2 Å². The summed E-state index contributed by atoms with van der Waals surface area (Å²) >= 11 is 5.60. The van der Waals surface area contributed by atoms with E-state index in [0.717, 1.165) is 37.7 Å². The molecule has 7 heteroatoms. The molecule has 1 heterocycles. The van der Waals surface area contributed by atoms with Crippen LogP contribution < -0.4 is 0 Å². The summed E-state index contributed by atoms with van der Waals surface area (Å²) in [5.41, 5.74) is 1.44. The highest BCUT2D eigenvalue weighted by atomic mass is 35.5.